The lowest BCUT2D eigenvalue weighted by molar-refractivity contribution is 0.0992. The number of nitrogens with zero attached hydrogens (tertiary/aromatic N) is 2. The Balaban J connectivity index is 2.47. The summed E-state index contributed by atoms with van der Waals surface area (Å²) in [5.41, 5.74) is 6.77. The van der Waals surface area contributed by atoms with Crippen LogP contribution in [0.25, 0.3) is 0 Å². The first-order valence-corrected chi connectivity index (χ1v) is 5.53. The third-order valence-electron chi connectivity index (χ3n) is 1.89. The van der Waals surface area contributed by atoms with Gasteiger partial charge in [-0.25, -0.2) is 4.98 Å². The van der Waals surface area contributed by atoms with E-state index in [9.17, 15) is 0 Å². The van der Waals surface area contributed by atoms with Gasteiger partial charge in [0.1, 0.15) is 12.3 Å². The van der Waals surface area contributed by atoms with Gasteiger partial charge in [0.25, 0.3) is 0 Å². The predicted molar refractivity (Wildman–Crippen MR) is 62.8 cm³/mol. The second-order valence-electron chi connectivity index (χ2n) is 3.26. The molecular formula is C10H16ClN3O2. The molecule has 0 atom stereocenters. The van der Waals surface area contributed by atoms with Crippen molar-refractivity contribution in [3.8, 4) is 5.88 Å². The van der Waals surface area contributed by atoms with Gasteiger partial charge in [-0.15, -0.1) is 0 Å². The number of hydrogen-bond acceptors (Lipinski definition) is 5. The third-order valence-corrected chi connectivity index (χ3v) is 2.06. The molecule has 1 heterocycles. The fourth-order valence-corrected chi connectivity index (χ4v) is 1.28. The molecule has 6 heteroatoms. The van der Waals surface area contributed by atoms with E-state index < -0.39 is 0 Å². The van der Waals surface area contributed by atoms with E-state index in [1.54, 1.807) is 6.92 Å². The molecule has 0 bridgehead atoms. The Morgan fingerprint density at radius 3 is 2.69 bits per heavy atom. The Morgan fingerprint density at radius 2 is 2.00 bits per heavy atom. The van der Waals surface area contributed by atoms with Crippen molar-refractivity contribution in [1.82, 2.24) is 9.97 Å². The standard InChI is InChI=1S/C10H16ClN3O2/c1-3-4-15-5-6-16-9-8(12)7(2)13-10(11)14-9/h3-6,12H2,1-2H3. The van der Waals surface area contributed by atoms with Crippen molar-refractivity contribution in [2.75, 3.05) is 25.6 Å². The monoisotopic (exact) mass is 245 g/mol. The minimum absolute atomic E-state index is 0.135. The molecule has 2 N–H and O–H groups in total. The van der Waals surface area contributed by atoms with Crippen molar-refractivity contribution in [2.24, 2.45) is 0 Å². The molecule has 0 aromatic carbocycles. The Kier molecular flexibility index (Phi) is 5.28. The number of aryl methyl sites for hydroxylation is 1. The number of rotatable bonds is 6. The maximum absolute atomic E-state index is 5.74. The van der Waals surface area contributed by atoms with E-state index in [4.69, 9.17) is 26.8 Å². The minimum Gasteiger partial charge on any atom is -0.474 e. The molecule has 5 nitrogen and oxygen atoms in total. The smallest absolute Gasteiger partial charge is 0.241 e. The van der Waals surface area contributed by atoms with E-state index >= 15 is 0 Å². The van der Waals surface area contributed by atoms with Crippen LogP contribution in [0.4, 0.5) is 5.69 Å². The molecule has 1 rings (SSSR count). The highest BCUT2D eigenvalue weighted by molar-refractivity contribution is 6.28. The van der Waals surface area contributed by atoms with Gasteiger partial charge >= 0.3 is 0 Å². The predicted octanol–water partition coefficient (Wildman–Crippen LogP) is 1.83. The lowest BCUT2D eigenvalue weighted by Gasteiger charge is -2.09. The molecule has 16 heavy (non-hydrogen) atoms. The fourth-order valence-electron chi connectivity index (χ4n) is 1.08. The lowest BCUT2D eigenvalue weighted by Crippen LogP contribution is -2.10. The van der Waals surface area contributed by atoms with Crippen LogP contribution in [0.3, 0.4) is 0 Å². The highest BCUT2D eigenvalue weighted by Crippen LogP contribution is 2.22. The summed E-state index contributed by atoms with van der Waals surface area (Å²) in [5, 5.41) is 0.135. The Labute approximate surface area is 99.9 Å². The van der Waals surface area contributed by atoms with E-state index in [-0.39, 0.29) is 5.28 Å². The van der Waals surface area contributed by atoms with E-state index in [0.29, 0.717) is 30.5 Å². The number of anilines is 1. The van der Waals surface area contributed by atoms with Gasteiger partial charge in [-0.2, -0.15) is 4.98 Å². The SMILES string of the molecule is CCCOCCOc1nc(Cl)nc(C)c1N. The van der Waals surface area contributed by atoms with E-state index in [2.05, 4.69) is 9.97 Å². The molecule has 0 saturated heterocycles. The molecule has 1 aromatic heterocycles. The van der Waals surface area contributed by atoms with Crippen LogP contribution in [0.1, 0.15) is 19.0 Å². The first kappa shape index (κ1) is 13.0. The van der Waals surface area contributed by atoms with Crippen molar-refractivity contribution < 1.29 is 9.47 Å². The van der Waals surface area contributed by atoms with Gasteiger partial charge in [-0.1, -0.05) is 6.92 Å². The minimum atomic E-state index is 0.135. The number of nitrogens with two attached hydrogens (primary N) is 1. The van der Waals surface area contributed by atoms with Crippen molar-refractivity contribution in [2.45, 2.75) is 20.3 Å². The zero-order valence-corrected chi connectivity index (χ0v) is 10.3. The quantitative estimate of drug-likeness (QED) is 0.612. The molecular weight excluding hydrogens is 230 g/mol. The van der Waals surface area contributed by atoms with Crippen LogP contribution in [0, 0.1) is 6.92 Å². The van der Waals surface area contributed by atoms with E-state index in [1.807, 2.05) is 6.92 Å². The molecule has 0 amide bonds. The fraction of sp³-hybridized carbons (Fsp3) is 0.600. The molecule has 0 aliphatic rings. The molecule has 0 saturated carbocycles. The normalized spacial score (nSPS) is 10.4. The molecule has 1 aromatic rings. The van der Waals surface area contributed by atoms with E-state index in [1.165, 1.54) is 0 Å². The largest absolute Gasteiger partial charge is 0.474 e. The summed E-state index contributed by atoms with van der Waals surface area (Å²) in [5.74, 6) is 0.317. The molecule has 0 fully saturated rings. The average molecular weight is 246 g/mol. The molecule has 0 spiro atoms. The first-order chi connectivity index (χ1) is 7.65. The van der Waals surface area contributed by atoms with Crippen LogP contribution in [0.15, 0.2) is 0 Å². The van der Waals surface area contributed by atoms with E-state index in [0.717, 1.165) is 13.0 Å². The molecule has 0 unspecified atom stereocenters. The second-order valence-corrected chi connectivity index (χ2v) is 3.60. The summed E-state index contributed by atoms with van der Waals surface area (Å²) in [6, 6.07) is 0. The zero-order chi connectivity index (χ0) is 12.0. The summed E-state index contributed by atoms with van der Waals surface area (Å²) < 4.78 is 10.6. The Hall–Kier alpha value is -1.07. The Bertz CT molecular complexity index is 347. The summed E-state index contributed by atoms with van der Waals surface area (Å²) >= 11 is 5.70. The van der Waals surface area contributed by atoms with Gasteiger partial charge in [-0.3, -0.25) is 0 Å². The van der Waals surface area contributed by atoms with Crippen molar-refractivity contribution in [3.63, 3.8) is 0 Å². The van der Waals surface area contributed by atoms with Gasteiger partial charge < -0.3 is 15.2 Å². The molecule has 0 radical (unpaired) electrons. The first-order valence-electron chi connectivity index (χ1n) is 5.15. The number of hydrogen-bond donors (Lipinski definition) is 1. The van der Waals surface area contributed by atoms with Crippen LogP contribution in [-0.2, 0) is 4.74 Å². The van der Waals surface area contributed by atoms with Crippen LogP contribution >= 0.6 is 11.6 Å². The molecule has 0 aliphatic heterocycles. The van der Waals surface area contributed by atoms with Crippen LogP contribution in [0.2, 0.25) is 5.28 Å². The third kappa shape index (κ3) is 3.83. The lowest BCUT2D eigenvalue weighted by atomic mass is 10.4. The van der Waals surface area contributed by atoms with Gasteiger partial charge in [0.15, 0.2) is 0 Å². The van der Waals surface area contributed by atoms with Gasteiger partial charge in [0, 0.05) is 6.61 Å². The van der Waals surface area contributed by atoms with Crippen LogP contribution in [0.5, 0.6) is 5.88 Å². The summed E-state index contributed by atoms with van der Waals surface area (Å²) in [7, 11) is 0. The number of halogens is 1. The van der Waals surface area contributed by atoms with Crippen molar-refractivity contribution in [3.05, 3.63) is 11.0 Å². The average Bonchev–Trinajstić information content (AvgIpc) is 2.24. The Morgan fingerprint density at radius 1 is 1.25 bits per heavy atom. The topological polar surface area (TPSA) is 70.3 Å². The van der Waals surface area contributed by atoms with Crippen molar-refractivity contribution >= 4 is 17.3 Å². The maximum atomic E-state index is 5.74. The van der Waals surface area contributed by atoms with Gasteiger partial charge in [0.05, 0.1) is 12.3 Å². The highest BCUT2D eigenvalue weighted by Gasteiger charge is 2.08. The highest BCUT2D eigenvalue weighted by atomic mass is 35.5. The molecule has 90 valence electrons. The second kappa shape index (κ2) is 6.50. The van der Waals surface area contributed by atoms with Crippen LogP contribution < -0.4 is 10.5 Å². The van der Waals surface area contributed by atoms with Crippen LogP contribution in [-0.4, -0.2) is 29.8 Å². The maximum Gasteiger partial charge on any atom is 0.241 e. The summed E-state index contributed by atoms with van der Waals surface area (Å²) in [4.78, 5) is 7.81. The van der Waals surface area contributed by atoms with Gasteiger partial charge in [-0.05, 0) is 24.9 Å². The zero-order valence-electron chi connectivity index (χ0n) is 9.49. The summed E-state index contributed by atoms with van der Waals surface area (Å²) in [6.07, 6.45) is 0.987. The summed E-state index contributed by atoms with van der Waals surface area (Å²) in [6.45, 7) is 5.43. The number of nitrogen functional groups attached to an aromatic ring is 1. The van der Waals surface area contributed by atoms with Crippen molar-refractivity contribution in [1.29, 1.82) is 0 Å². The number of aromatic nitrogens is 2. The molecule has 0 aliphatic carbocycles. The van der Waals surface area contributed by atoms with Gasteiger partial charge in [0.2, 0.25) is 11.2 Å². The number of ether oxygens (including phenoxy) is 2.